The molecular formula is C14H14F3NO4S. The number of sulfone groups is 1. The van der Waals surface area contributed by atoms with Crippen LogP contribution in [-0.2, 0) is 14.6 Å². The van der Waals surface area contributed by atoms with Crippen molar-refractivity contribution in [3.8, 4) is 5.75 Å². The third-order valence-corrected chi connectivity index (χ3v) is 4.08. The van der Waals surface area contributed by atoms with E-state index in [0.717, 1.165) is 18.2 Å². The van der Waals surface area contributed by atoms with E-state index in [1.54, 1.807) is 19.1 Å². The number of carbonyl (C=O) groups excluding carboxylic acids is 1. The zero-order chi connectivity index (χ0) is 17.7. The second kappa shape index (κ2) is 7.32. The fourth-order valence-electron chi connectivity index (χ4n) is 1.51. The summed E-state index contributed by atoms with van der Waals surface area (Å²) in [6.45, 7) is 1.73. The predicted molar refractivity (Wildman–Crippen MR) is 78.8 cm³/mol. The van der Waals surface area contributed by atoms with E-state index in [1.165, 1.54) is 13.2 Å². The number of allylic oxidation sites excluding steroid dienone is 3. The summed E-state index contributed by atoms with van der Waals surface area (Å²) in [5, 5.41) is 2.27. The number of amides is 1. The van der Waals surface area contributed by atoms with Crippen molar-refractivity contribution in [3.05, 3.63) is 42.5 Å². The number of nitrogens with one attached hydrogen (secondary N) is 1. The van der Waals surface area contributed by atoms with Gasteiger partial charge in [-0.3, -0.25) is 4.79 Å². The fourth-order valence-corrected chi connectivity index (χ4v) is 2.30. The first kappa shape index (κ1) is 18.8. The lowest BCUT2D eigenvalue weighted by Gasteiger charge is -2.12. The van der Waals surface area contributed by atoms with Crippen molar-refractivity contribution >= 4 is 21.4 Å². The van der Waals surface area contributed by atoms with E-state index in [9.17, 15) is 26.4 Å². The Morgan fingerprint density at radius 2 is 1.91 bits per heavy atom. The van der Waals surface area contributed by atoms with Crippen molar-refractivity contribution in [3.63, 3.8) is 0 Å². The third-order valence-electron chi connectivity index (χ3n) is 2.59. The van der Waals surface area contributed by atoms with Crippen LogP contribution in [0.1, 0.15) is 6.92 Å². The number of hydrogen-bond acceptors (Lipinski definition) is 4. The van der Waals surface area contributed by atoms with Crippen LogP contribution in [0, 0.1) is 0 Å². The van der Waals surface area contributed by atoms with E-state index in [4.69, 9.17) is 4.74 Å². The first-order valence-electron chi connectivity index (χ1n) is 6.23. The molecule has 0 saturated heterocycles. The number of alkyl halides is 3. The summed E-state index contributed by atoms with van der Waals surface area (Å²) in [5.41, 5.74) is -5.62. The number of methoxy groups -OCH3 is 1. The van der Waals surface area contributed by atoms with Gasteiger partial charge in [0.2, 0.25) is 5.91 Å². The molecule has 1 N–H and O–H groups in total. The molecule has 0 aliphatic carbocycles. The third kappa shape index (κ3) is 4.59. The van der Waals surface area contributed by atoms with E-state index >= 15 is 0 Å². The van der Waals surface area contributed by atoms with Crippen LogP contribution in [-0.4, -0.2) is 26.9 Å². The molecular weight excluding hydrogens is 335 g/mol. The van der Waals surface area contributed by atoms with Crippen LogP contribution in [0.3, 0.4) is 0 Å². The minimum Gasteiger partial charge on any atom is -0.495 e. The summed E-state index contributed by atoms with van der Waals surface area (Å²) >= 11 is 0. The standard InChI is InChI=1S/C14H14F3NO4S/c1-3-4-5-6-13(19)18-11-9-10(7-8-12(11)22-2)23(20,21)14(15,16)17/h3-9H,1-2H3,(H,18,19)/b4-3+,6-5+. The molecule has 0 unspecified atom stereocenters. The number of benzene rings is 1. The Hall–Kier alpha value is -2.29. The van der Waals surface area contributed by atoms with Crippen molar-refractivity contribution in [2.75, 3.05) is 12.4 Å². The van der Waals surface area contributed by atoms with Gasteiger partial charge in [-0.05, 0) is 25.1 Å². The minimum absolute atomic E-state index is 0.0268. The van der Waals surface area contributed by atoms with Gasteiger partial charge in [0.15, 0.2) is 0 Å². The Bertz CT molecular complexity index is 737. The molecule has 0 spiro atoms. The monoisotopic (exact) mass is 349 g/mol. The number of halogens is 3. The van der Waals surface area contributed by atoms with Crippen LogP contribution < -0.4 is 10.1 Å². The van der Waals surface area contributed by atoms with Gasteiger partial charge in [0, 0.05) is 6.08 Å². The van der Waals surface area contributed by atoms with Gasteiger partial charge in [-0.25, -0.2) is 8.42 Å². The Morgan fingerprint density at radius 3 is 2.43 bits per heavy atom. The zero-order valence-electron chi connectivity index (χ0n) is 12.2. The summed E-state index contributed by atoms with van der Waals surface area (Å²) in [5.74, 6) is -0.623. The van der Waals surface area contributed by atoms with Crippen LogP contribution in [0.15, 0.2) is 47.4 Å². The number of hydrogen-bond donors (Lipinski definition) is 1. The lowest BCUT2D eigenvalue weighted by molar-refractivity contribution is -0.111. The summed E-state index contributed by atoms with van der Waals surface area (Å²) in [4.78, 5) is 10.7. The Kier molecular flexibility index (Phi) is 5.97. The van der Waals surface area contributed by atoms with Crippen LogP contribution in [0.4, 0.5) is 18.9 Å². The molecule has 0 aromatic heterocycles. The maximum atomic E-state index is 12.6. The topological polar surface area (TPSA) is 72.5 Å². The van der Waals surface area contributed by atoms with Crippen LogP contribution in [0.2, 0.25) is 0 Å². The molecule has 9 heteroatoms. The number of carbonyl (C=O) groups is 1. The molecule has 0 atom stereocenters. The molecule has 0 radical (unpaired) electrons. The lowest BCUT2D eigenvalue weighted by Crippen LogP contribution is -2.23. The highest BCUT2D eigenvalue weighted by Crippen LogP contribution is 2.34. The molecule has 0 bridgehead atoms. The molecule has 1 rings (SSSR count). The minimum atomic E-state index is -5.52. The summed E-state index contributed by atoms with van der Waals surface area (Å²) < 4.78 is 65.4. The van der Waals surface area contributed by atoms with Gasteiger partial charge < -0.3 is 10.1 Å². The Labute approximate surface area is 131 Å². The molecule has 0 heterocycles. The molecule has 0 aliphatic rings. The molecule has 1 aromatic carbocycles. The SMILES string of the molecule is C/C=C/C=C/C(=O)Nc1cc(S(=O)(=O)C(F)(F)F)ccc1OC. The smallest absolute Gasteiger partial charge is 0.495 e. The number of rotatable bonds is 5. The lowest BCUT2D eigenvalue weighted by atomic mass is 10.3. The molecule has 23 heavy (non-hydrogen) atoms. The van der Waals surface area contributed by atoms with Crippen molar-refractivity contribution in [2.24, 2.45) is 0 Å². The summed E-state index contributed by atoms with van der Waals surface area (Å²) in [6, 6.07) is 2.49. The first-order chi connectivity index (χ1) is 10.6. The Balaban J connectivity index is 3.22. The molecule has 0 fully saturated rings. The predicted octanol–water partition coefficient (Wildman–Crippen LogP) is 3.06. The fraction of sp³-hybridized carbons (Fsp3) is 0.214. The molecule has 0 aliphatic heterocycles. The molecule has 1 amide bonds. The van der Waals surface area contributed by atoms with Gasteiger partial charge in [0.25, 0.3) is 9.84 Å². The van der Waals surface area contributed by atoms with Gasteiger partial charge >= 0.3 is 5.51 Å². The second-order valence-corrected chi connectivity index (χ2v) is 6.13. The highest BCUT2D eigenvalue weighted by atomic mass is 32.2. The largest absolute Gasteiger partial charge is 0.501 e. The van der Waals surface area contributed by atoms with E-state index in [-0.39, 0.29) is 11.4 Å². The zero-order valence-corrected chi connectivity index (χ0v) is 13.0. The quantitative estimate of drug-likeness (QED) is 0.655. The van der Waals surface area contributed by atoms with Crippen molar-refractivity contribution in [2.45, 2.75) is 17.3 Å². The van der Waals surface area contributed by atoms with E-state index in [1.807, 2.05) is 0 Å². The van der Waals surface area contributed by atoms with Crippen LogP contribution in [0.5, 0.6) is 5.75 Å². The maximum Gasteiger partial charge on any atom is 0.501 e. The van der Waals surface area contributed by atoms with Crippen molar-refractivity contribution in [1.82, 2.24) is 0 Å². The van der Waals surface area contributed by atoms with Gasteiger partial charge in [-0.2, -0.15) is 13.2 Å². The number of ether oxygens (including phenoxy) is 1. The second-order valence-electron chi connectivity index (χ2n) is 4.19. The molecule has 0 saturated carbocycles. The van der Waals surface area contributed by atoms with Crippen molar-refractivity contribution in [1.29, 1.82) is 0 Å². The van der Waals surface area contributed by atoms with Crippen LogP contribution in [0.25, 0.3) is 0 Å². The average Bonchev–Trinajstić information content (AvgIpc) is 2.46. The summed E-state index contributed by atoms with van der Waals surface area (Å²) in [6.07, 6.45) is 5.78. The van der Waals surface area contributed by atoms with E-state index in [0.29, 0.717) is 6.07 Å². The highest BCUT2D eigenvalue weighted by Gasteiger charge is 2.47. The Morgan fingerprint density at radius 1 is 1.26 bits per heavy atom. The van der Waals surface area contributed by atoms with Crippen LogP contribution >= 0.6 is 0 Å². The first-order valence-corrected chi connectivity index (χ1v) is 7.71. The van der Waals surface area contributed by atoms with E-state index < -0.39 is 26.1 Å². The average molecular weight is 349 g/mol. The van der Waals surface area contributed by atoms with Crippen molar-refractivity contribution < 1.29 is 31.1 Å². The normalized spacial score (nSPS) is 12.7. The van der Waals surface area contributed by atoms with E-state index in [2.05, 4.69) is 5.32 Å². The van der Waals surface area contributed by atoms with Gasteiger partial charge in [-0.15, -0.1) is 0 Å². The van der Waals surface area contributed by atoms with Gasteiger partial charge in [0.05, 0.1) is 17.7 Å². The van der Waals surface area contributed by atoms with Gasteiger partial charge in [-0.1, -0.05) is 18.2 Å². The highest BCUT2D eigenvalue weighted by molar-refractivity contribution is 7.92. The molecule has 126 valence electrons. The summed E-state index contributed by atoms with van der Waals surface area (Å²) in [7, 11) is -4.28. The maximum absolute atomic E-state index is 12.6. The molecule has 1 aromatic rings. The molecule has 5 nitrogen and oxygen atoms in total. The van der Waals surface area contributed by atoms with Gasteiger partial charge in [0.1, 0.15) is 5.75 Å². The number of anilines is 1.